The molecule has 0 aliphatic rings. The van der Waals surface area contributed by atoms with Crippen molar-refractivity contribution in [3.63, 3.8) is 0 Å². The van der Waals surface area contributed by atoms with Gasteiger partial charge in [-0.2, -0.15) is 0 Å². The van der Waals surface area contributed by atoms with E-state index in [0.717, 1.165) is 17.7 Å². The summed E-state index contributed by atoms with van der Waals surface area (Å²) in [6.07, 6.45) is 4.28. The number of pyridine rings is 1. The zero-order valence-electron chi connectivity index (χ0n) is 15.3. The third-order valence-electron chi connectivity index (χ3n) is 4.02. The molecule has 0 fully saturated rings. The predicted octanol–water partition coefficient (Wildman–Crippen LogP) is 3.51. The molecular formula is C22H21N3O2S. The normalized spacial score (nSPS) is 10.1. The lowest BCUT2D eigenvalue weighted by molar-refractivity contribution is 0.0976. The molecule has 0 saturated carbocycles. The van der Waals surface area contributed by atoms with Crippen LogP contribution in [0.4, 0.5) is 0 Å². The summed E-state index contributed by atoms with van der Waals surface area (Å²) >= 11 is 5.17. The lowest BCUT2D eigenvalue weighted by atomic mass is 10.2. The second-order valence-electron chi connectivity index (χ2n) is 6.11. The van der Waals surface area contributed by atoms with E-state index >= 15 is 0 Å². The van der Waals surface area contributed by atoms with Gasteiger partial charge in [-0.3, -0.25) is 15.1 Å². The quantitative estimate of drug-likeness (QED) is 0.604. The van der Waals surface area contributed by atoms with Gasteiger partial charge in [0.25, 0.3) is 5.91 Å². The van der Waals surface area contributed by atoms with Crippen LogP contribution in [0.3, 0.4) is 0 Å². The van der Waals surface area contributed by atoms with Crippen LogP contribution in [-0.4, -0.2) is 22.6 Å². The van der Waals surface area contributed by atoms with E-state index in [1.54, 1.807) is 36.7 Å². The molecule has 0 aliphatic carbocycles. The maximum absolute atomic E-state index is 12.3. The Labute approximate surface area is 169 Å². The first-order chi connectivity index (χ1) is 13.7. The van der Waals surface area contributed by atoms with Crippen molar-refractivity contribution in [1.29, 1.82) is 0 Å². The van der Waals surface area contributed by atoms with Crippen molar-refractivity contribution in [2.75, 3.05) is 6.61 Å². The Kier molecular flexibility index (Phi) is 7.09. The average Bonchev–Trinajstić information content (AvgIpc) is 2.74. The van der Waals surface area contributed by atoms with Gasteiger partial charge in [0.05, 0.1) is 6.61 Å². The van der Waals surface area contributed by atoms with Gasteiger partial charge in [0, 0.05) is 30.9 Å². The van der Waals surface area contributed by atoms with E-state index in [4.69, 9.17) is 17.0 Å². The molecular weight excluding hydrogens is 370 g/mol. The highest BCUT2D eigenvalue weighted by atomic mass is 32.1. The number of amides is 1. The maximum Gasteiger partial charge on any atom is 0.257 e. The van der Waals surface area contributed by atoms with Gasteiger partial charge < -0.3 is 10.1 Å². The van der Waals surface area contributed by atoms with Gasteiger partial charge in [0.15, 0.2) is 5.11 Å². The molecule has 5 nitrogen and oxygen atoms in total. The number of nitrogens with zero attached hydrogens (tertiary/aromatic N) is 1. The third-order valence-corrected chi connectivity index (χ3v) is 4.27. The average molecular weight is 391 g/mol. The summed E-state index contributed by atoms with van der Waals surface area (Å²) in [6.45, 7) is 1.08. The van der Waals surface area contributed by atoms with Gasteiger partial charge in [0.1, 0.15) is 5.75 Å². The Morgan fingerprint density at radius 2 is 1.71 bits per heavy atom. The fraction of sp³-hybridized carbons (Fsp3) is 0.136. The number of benzene rings is 2. The van der Waals surface area contributed by atoms with Crippen molar-refractivity contribution in [2.45, 2.75) is 13.0 Å². The molecule has 142 valence electrons. The summed E-state index contributed by atoms with van der Waals surface area (Å²) in [6, 6.07) is 20.9. The first kappa shape index (κ1) is 19.5. The summed E-state index contributed by atoms with van der Waals surface area (Å²) in [5.41, 5.74) is 2.72. The highest BCUT2D eigenvalue weighted by Crippen LogP contribution is 2.13. The van der Waals surface area contributed by atoms with Crippen LogP contribution < -0.4 is 15.4 Å². The lowest BCUT2D eigenvalue weighted by Crippen LogP contribution is -2.38. The van der Waals surface area contributed by atoms with Gasteiger partial charge >= 0.3 is 0 Å². The Balaban J connectivity index is 1.43. The molecule has 3 rings (SSSR count). The van der Waals surface area contributed by atoms with Crippen molar-refractivity contribution in [3.05, 3.63) is 95.8 Å². The number of hydrogen-bond acceptors (Lipinski definition) is 4. The molecule has 28 heavy (non-hydrogen) atoms. The number of carbonyl (C=O) groups is 1. The summed E-state index contributed by atoms with van der Waals surface area (Å²) < 4.78 is 5.74. The Hall–Kier alpha value is -3.25. The van der Waals surface area contributed by atoms with Crippen molar-refractivity contribution in [2.24, 2.45) is 0 Å². The minimum absolute atomic E-state index is 0.264. The van der Waals surface area contributed by atoms with Crippen LogP contribution in [0.1, 0.15) is 21.5 Å². The maximum atomic E-state index is 12.3. The number of hydrogen-bond donors (Lipinski definition) is 2. The zero-order chi connectivity index (χ0) is 19.6. The van der Waals surface area contributed by atoms with Crippen LogP contribution in [0.2, 0.25) is 0 Å². The Morgan fingerprint density at radius 1 is 0.964 bits per heavy atom. The SMILES string of the molecule is O=C(NC(=S)NCc1cccnc1)c1ccc(OCCc2ccccc2)cc1. The number of ether oxygens (including phenoxy) is 1. The van der Waals surface area contributed by atoms with Gasteiger partial charge in [0.2, 0.25) is 0 Å². The highest BCUT2D eigenvalue weighted by Gasteiger charge is 2.08. The molecule has 1 heterocycles. The van der Waals surface area contributed by atoms with Crippen molar-refractivity contribution in [1.82, 2.24) is 15.6 Å². The van der Waals surface area contributed by atoms with E-state index in [2.05, 4.69) is 27.8 Å². The second-order valence-corrected chi connectivity index (χ2v) is 6.51. The number of nitrogens with one attached hydrogen (secondary N) is 2. The minimum Gasteiger partial charge on any atom is -0.493 e. The van der Waals surface area contributed by atoms with E-state index in [-0.39, 0.29) is 11.0 Å². The monoisotopic (exact) mass is 391 g/mol. The zero-order valence-corrected chi connectivity index (χ0v) is 16.1. The van der Waals surface area contributed by atoms with E-state index < -0.39 is 0 Å². The van der Waals surface area contributed by atoms with Crippen LogP contribution in [0.15, 0.2) is 79.1 Å². The molecule has 6 heteroatoms. The molecule has 1 aromatic heterocycles. The largest absolute Gasteiger partial charge is 0.493 e. The number of thiocarbonyl (C=S) groups is 1. The Bertz CT molecular complexity index is 900. The highest BCUT2D eigenvalue weighted by molar-refractivity contribution is 7.80. The van der Waals surface area contributed by atoms with E-state index in [1.807, 2.05) is 30.3 Å². The number of rotatable bonds is 7. The van der Waals surface area contributed by atoms with Gasteiger partial charge in [-0.05, 0) is 53.7 Å². The van der Waals surface area contributed by atoms with Crippen LogP contribution in [0.25, 0.3) is 0 Å². The van der Waals surface area contributed by atoms with E-state index in [0.29, 0.717) is 18.7 Å². The molecule has 0 unspecified atom stereocenters. The van der Waals surface area contributed by atoms with Crippen LogP contribution in [0, 0.1) is 0 Å². The molecule has 1 amide bonds. The molecule has 0 spiro atoms. The molecule has 2 aromatic carbocycles. The van der Waals surface area contributed by atoms with Crippen LogP contribution in [0.5, 0.6) is 5.75 Å². The molecule has 0 aliphatic heterocycles. The molecule has 0 saturated heterocycles. The second kappa shape index (κ2) is 10.2. The molecule has 3 aromatic rings. The fourth-order valence-electron chi connectivity index (χ4n) is 2.54. The van der Waals surface area contributed by atoms with Gasteiger partial charge in [-0.25, -0.2) is 0 Å². The summed E-state index contributed by atoms with van der Waals surface area (Å²) in [7, 11) is 0. The van der Waals surface area contributed by atoms with Crippen LogP contribution in [-0.2, 0) is 13.0 Å². The standard InChI is InChI=1S/C22H21N3O2S/c26-21(25-22(28)24-16-18-7-4-13-23-15-18)19-8-10-20(11-9-19)27-14-12-17-5-2-1-3-6-17/h1-11,13,15H,12,14,16H2,(H2,24,25,26,28). The lowest BCUT2D eigenvalue weighted by Gasteiger charge is -2.10. The van der Waals surface area contributed by atoms with Crippen molar-refractivity contribution in [3.8, 4) is 5.75 Å². The number of carbonyl (C=O) groups excluding carboxylic acids is 1. The minimum atomic E-state index is -0.264. The van der Waals surface area contributed by atoms with Gasteiger partial charge in [-0.1, -0.05) is 36.4 Å². The molecule has 0 radical (unpaired) electrons. The predicted molar refractivity (Wildman–Crippen MR) is 113 cm³/mol. The van der Waals surface area contributed by atoms with Crippen molar-refractivity contribution >= 4 is 23.2 Å². The van der Waals surface area contributed by atoms with Crippen LogP contribution >= 0.6 is 12.2 Å². The third kappa shape index (κ3) is 6.17. The Morgan fingerprint density at radius 3 is 2.43 bits per heavy atom. The van der Waals surface area contributed by atoms with Crippen molar-refractivity contribution < 1.29 is 9.53 Å². The molecule has 2 N–H and O–H groups in total. The smallest absolute Gasteiger partial charge is 0.257 e. The van der Waals surface area contributed by atoms with E-state index in [1.165, 1.54) is 5.56 Å². The summed E-state index contributed by atoms with van der Waals surface area (Å²) in [4.78, 5) is 16.3. The topological polar surface area (TPSA) is 63.2 Å². The van der Waals surface area contributed by atoms with E-state index in [9.17, 15) is 4.79 Å². The first-order valence-electron chi connectivity index (χ1n) is 8.95. The summed E-state index contributed by atoms with van der Waals surface area (Å²) in [5, 5.41) is 5.94. The molecule has 0 bridgehead atoms. The molecule has 0 atom stereocenters. The van der Waals surface area contributed by atoms with Gasteiger partial charge in [-0.15, -0.1) is 0 Å². The number of aromatic nitrogens is 1. The summed E-state index contributed by atoms with van der Waals surface area (Å²) in [5.74, 6) is 0.462. The first-order valence-corrected chi connectivity index (χ1v) is 9.36. The fourth-order valence-corrected chi connectivity index (χ4v) is 2.70.